The molecule has 4 heterocycles. The molecule has 0 bridgehead atoms. The van der Waals surface area contributed by atoms with Gasteiger partial charge in [0.2, 0.25) is 5.91 Å². The zero-order valence-electron chi connectivity index (χ0n) is 20.5. The lowest BCUT2D eigenvalue weighted by atomic mass is 10.0. The van der Waals surface area contributed by atoms with Gasteiger partial charge in [0.1, 0.15) is 40.3 Å². The minimum atomic E-state index is -0.703. The molecular formula is C26H28ClFN4O5. The first-order chi connectivity index (χ1) is 17.8. The first-order valence-electron chi connectivity index (χ1n) is 12.3. The third kappa shape index (κ3) is 4.38. The second-order valence-corrected chi connectivity index (χ2v) is 9.60. The van der Waals surface area contributed by atoms with E-state index in [1.807, 2.05) is 11.8 Å². The Morgan fingerprint density at radius 3 is 2.81 bits per heavy atom. The number of carbonyl (C=O) groups is 2. The van der Waals surface area contributed by atoms with Gasteiger partial charge in [-0.15, -0.1) is 0 Å². The fourth-order valence-corrected chi connectivity index (χ4v) is 5.45. The molecule has 2 fully saturated rings. The monoisotopic (exact) mass is 530 g/mol. The van der Waals surface area contributed by atoms with Gasteiger partial charge in [-0.05, 0) is 24.6 Å². The standard InChI is InChI=1S/C26H28ClFN4O5/c1-3-15-13-36-11-10-31(15)25-21-24(22(27)23(29-25)20-17(28)6-5-7-18(20)33)37-14-16-12-30(19(34)4-2)8-9-32(16)26(21)35/h4-7,15-16,33H,2-3,8-14H2,1H3/t15-,16-/m1/s1. The summed E-state index contributed by atoms with van der Waals surface area (Å²) in [4.78, 5) is 36.3. The van der Waals surface area contributed by atoms with E-state index in [4.69, 9.17) is 26.1 Å². The van der Waals surface area contributed by atoms with E-state index in [-0.39, 0.29) is 64.4 Å². The van der Waals surface area contributed by atoms with E-state index >= 15 is 0 Å². The summed E-state index contributed by atoms with van der Waals surface area (Å²) in [5.41, 5.74) is 0.0121. The number of morpholine rings is 1. The van der Waals surface area contributed by atoms with Crippen LogP contribution in [0.1, 0.15) is 23.7 Å². The number of nitrogens with zero attached hydrogens (tertiary/aromatic N) is 4. The van der Waals surface area contributed by atoms with E-state index in [9.17, 15) is 19.1 Å². The largest absolute Gasteiger partial charge is 0.507 e. The SMILES string of the molecule is C=CC(=O)N1CCN2C(=O)c3c(N4CCOC[C@H]4CC)nc(-c4c(O)cccc4F)c(Cl)c3OC[C@H]2C1. The highest BCUT2D eigenvalue weighted by molar-refractivity contribution is 6.35. The Kier molecular flexibility index (Phi) is 6.96. The summed E-state index contributed by atoms with van der Waals surface area (Å²) in [5.74, 6) is -1.17. The normalized spacial score (nSPS) is 21.6. The summed E-state index contributed by atoms with van der Waals surface area (Å²) in [6.45, 7) is 7.90. The summed E-state index contributed by atoms with van der Waals surface area (Å²) in [6, 6.07) is 3.44. The highest BCUT2D eigenvalue weighted by atomic mass is 35.5. The number of rotatable bonds is 4. The van der Waals surface area contributed by atoms with E-state index in [1.165, 1.54) is 24.3 Å². The number of piperazine rings is 1. The Balaban J connectivity index is 1.68. The molecule has 9 nitrogen and oxygen atoms in total. The van der Waals surface area contributed by atoms with Crippen LogP contribution in [0.3, 0.4) is 0 Å². The average molecular weight is 531 g/mol. The Bertz CT molecular complexity index is 1240. The van der Waals surface area contributed by atoms with E-state index in [2.05, 4.69) is 6.58 Å². The lowest BCUT2D eigenvalue weighted by Crippen LogP contribution is -2.57. The summed E-state index contributed by atoms with van der Waals surface area (Å²) < 4.78 is 26.8. The number of aromatic hydroxyl groups is 1. The number of fused-ring (bicyclic) bond motifs is 2. The Morgan fingerprint density at radius 2 is 2.08 bits per heavy atom. The molecule has 2 amide bonds. The van der Waals surface area contributed by atoms with Crippen LogP contribution in [0.15, 0.2) is 30.9 Å². The van der Waals surface area contributed by atoms with Gasteiger partial charge in [-0.3, -0.25) is 9.59 Å². The van der Waals surface area contributed by atoms with Crippen molar-refractivity contribution in [3.05, 3.63) is 47.3 Å². The van der Waals surface area contributed by atoms with Crippen LogP contribution >= 0.6 is 11.6 Å². The third-order valence-corrected chi connectivity index (χ3v) is 7.49. The number of aromatic nitrogens is 1. The van der Waals surface area contributed by atoms with Crippen molar-refractivity contribution in [2.24, 2.45) is 0 Å². The van der Waals surface area contributed by atoms with Gasteiger partial charge < -0.3 is 29.3 Å². The van der Waals surface area contributed by atoms with Crippen LogP contribution in [0, 0.1) is 5.82 Å². The molecule has 1 aromatic heterocycles. The summed E-state index contributed by atoms with van der Waals surface area (Å²) >= 11 is 6.77. The van der Waals surface area contributed by atoms with Gasteiger partial charge in [0, 0.05) is 26.2 Å². The molecule has 0 saturated carbocycles. The zero-order chi connectivity index (χ0) is 26.3. The first-order valence-corrected chi connectivity index (χ1v) is 12.6. The van der Waals surface area contributed by atoms with Crippen LogP contribution in [0.2, 0.25) is 5.02 Å². The van der Waals surface area contributed by atoms with Crippen molar-refractivity contribution < 1.29 is 28.6 Å². The van der Waals surface area contributed by atoms with Gasteiger partial charge in [-0.1, -0.05) is 31.2 Å². The molecule has 5 rings (SSSR count). The molecular weight excluding hydrogens is 503 g/mol. The number of anilines is 1. The number of phenolic OH excluding ortho intramolecular Hbond substituents is 1. The van der Waals surface area contributed by atoms with E-state index in [1.54, 1.807) is 9.80 Å². The van der Waals surface area contributed by atoms with Crippen LogP contribution in [0.25, 0.3) is 11.3 Å². The summed E-state index contributed by atoms with van der Waals surface area (Å²) in [6.07, 6.45) is 1.97. The molecule has 0 unspecified atom stereocenters. The molecule has 37 heavy (non-hydrogen) atoms. The lowest BCUT2D eigenvalue weighted by molar-refractivity contribution is -0.128. The van der Waals surface area contributed by atoms with Gasteiger partial charge in [-0.2, -0.15) is 0 Å². The number of amides is 2. The minimum Gasteiger partial charge on any atom is -0.507 e. The summed E-state index contributed by atoms with van der Waals surface area (Å²) in [7, 11) is 0. The smallest absolute Gasteiger partial charge is 0.261 e. The molecule has 196 valence electrons. The fourth-order valence-electron chi connectivity index (χ4n) is 5.17. The lowest BCUT2D eigenvalue weighted by Gasteiger charge is -2.40. The van der Waals surface area contributed by atoms with Gasteiger partial charge >= 0.3 is 0 Å². The molecule has 0 aliphatic carbocycles. The average Bonchev–Trinajstić information content (AvgIpc) is 3.06. The topological polar surface area (TPSA) is 95.4 Å². The predicted octanol–water partition coefficient (Wildman–Crippen LogP) is 3.09. The number of benzene rings is 1. The number of hydrogen-bond acceptors (Lipinski definition) is 7. The number of carbonyl (C=O) groups excluding carboxylic acids is 2. The van der Waals surface area contributed by atoms with Crippen molar-refractivity contribution in [3.63, 3.8) is 0 Å². The molecule has 0 spiro atoms. The van der Waals surface area contributed by atoms with Crippen LogP contribution < -0.4 is 9.64 Å². The quantitative estimate of drug-likeness (QED) is 0.607. The molecule has 3 aliphatic heterocycles. The van der Waals surface area contributed by atoms with Crippen molar-refractivity contribution in [2.45, 2.75) is 25.4 Å². The molecule has 0 radical (unpaired) electrons. The van der Waals surface area contributed by atoms with Crippen LogP contribution in [0.5, 0.6) is 11.5 Å². The number of phenols is 1. The van der Waals surface area contributed by atoms with E-state index in [0.717, 1.165) is 6.42 Å². The van der Waals surface area contributed by atoms with Crippen molar-refractivity contribution in [2.75, 3.05) is 50.9 Å². The van der Waals surface area contributed by atoms with Crippen LogP contribution in [-0.4, -0.2) is 89.8 Å². The third-order valence-electron chi connectivity index (χ3n) is 7.14. The Morgan fingerprint density at radius 1 is 1.27 bits per heavy atom. The first kappa shape index (κ1) is 25.3. The molecule has 1 aromatic carbocycles. The highest BCUT2D eigenvalue weighted by Crippen LogP contribution is 2.46. The minimum absolute atomic E-state index is 0.0107. The van der Waals surface area contributed by atoms with Gasteiger partial charge in [0.05, 0.1) is 30.9 Å². The van der Waals surface area contributed by atoms with Crippen molar-refractivity contribution in [1.82, 2.24) is 14.8 Å². The molecule has 1 N–H and O–H groups in total. The van der Waals surface area contributed by atoms with Crippen molar-refractivity contribution in [1.29, 1.82) is 0 Å². The number of pyridine rings is 1. The second kappa shape index (κ2) is 10.2. The molecule has 2 saturated heterocycles. The van der Waals surface area contributed by atoms with Crippen molar-refractivity contribution >= 4 is 29.2 Å². The zero-order valence-corrected chi connectivity index (χ0v) is 21.2. The molecule has 11 heteroatoms. The van der Waals surface area contributed by atoms with E-state index in [0.29, 0.717) is 38.7 Å². The number of hydrogen-bond donors (Lipinski definition) is 1. The molecule has 2 atom stereocenters. The maximum absolute atomic E-state index is 15.0. The van der Waals surface area contributed by atoms with Crippen molar-refractivity contribution in [3.8, 4) is 22.8 Å². The maximum Gasteiger partial charge on any atom is 0.261 e. The van der Waals surface area contributed by atoms with Gasteiger partial charge in [-0.25, -0.2) is 9.37 Å². The molecule has 2 aromatic rings. The number of ether oxygens (including phenoxy) is 2. The highest BCUT2D eigenvalue weighted by Gasteiger charge is 2.41. The van der Waals surface area contributed by atoms with E-state index < -0.39 is 11.9 Å². The van der Waals surface area contributed by atoms with Gasteiger partial charge in [0.15, 0.2) is 5.75 Å². The second-order valence-electron chi connectivity index (χ2n) is 9.22. The Hall–Kier alpha value is -3.37. The van der Waals surface area contributed by atoms with Gasteiger partial charge in [0.25, 0.3) is 5.91 Å². The van der Waals surface area contributed by atoms with Crippen LogP contribution in [0.4, 0.5) is 10.2 Å². The van der Waals surface area contributed by atoms with Crippen LogP contribution in [-0.2, 0) is 9.53 Å². The molecule has 3 aliphatic rings. The Labute approximate surface area is 219 Å². The fraction of sp³-hybridized carbons (Fsp3) is 0.423. The number of halogens is 2. The maximum atomic E-state index is 15.0. The summed E-state index contributed by atoms with van der Waals surface area (Å²) in [5, 5.41) is 10.5. The predicted molar refractivity (Wildman–Crippen MR) is 136 cm³/mol.